The largest absolute Gasteiger partial charge is 0.370 e. The van der Waals surface area contributed by atoms with E-state index in [0.717, 1.165) is 32.0 Å². The lowest BCUT2D eigenvalue weighted by Crippen LogP contribution is -2.48. The van der Waals surface area contributed by atoms with Gasteiger partial charge >= 0.3 is 0 Å². The Bertz CT molecular complexity index is 155. The minimum Gasteiger partial charge on any atom is -0.370 e. The van der Waals surface area contributed by atoms with E-state index in [1.54, 1.807) is 0 Å². The van der Waals surface area contributed by atoms with E-state index >= 15 is 0 Å². The molecule has 2 fully saturated rings. The minimum atomic E-state index is 0.654. The highest BCUT2D eigenvalue weighted by atomic mass is 15.4. The Hall–Kier alpha value is -0.700. The van der Waals surface area contributed by atoms with E-state index in [1.165, 1.54) is 0 Å². The van der Waals surface area contributed by atoms with Crippen LogP contribution in [-0.2, 0) is 0 Å². The molecule has 2 N–H and O–H groups in total. The summed E-state index contributed by atoms with van der Waals surface area (Å²) in [6.45, 7) is 8.29. The average Bonchev–Trinajstić information content (AvgIpc) is 2.34. The van der Waals surface area contributed by atoms with Crippen molar-refractivity contribution in [3.05, 3.63) is 12.4 Å². The van der Waals surface area contributed by atoms with E-state index < -0.39 is 0 Å². The van der Waals surface area contributed by atoms with Crippen LogP contribution in [0.2, 0.25) is 0 Å². The van der Waals surface area contributed by atoms with E-state index in [2.05, 4.69) is 22.1 Å². The number of rotatable bonds is 0. The second kappa shape index (κ2) is 2.16. The lowest BCUT2D eigenvalue weighted by Gasteiger charge is -2.30. The molecular formula is C7H13N3. The Morgan fingerprint density at radius 3 is 3.20 bits per heavy atom. The molecular weight excluding hydrogens is 126 g/mol. The predicted octanol–water partition coefficient (Wildman–Crippen LogP) is -0.665. The maximum atomic E-state index is 3.93. The average molecular weight is 139 g/mol. The molecule has 2 rings (SSSR count). The Kier molecular flexibility index (Phi) is 1.31. The molecule has 3 heteroatoms. The van der Waals surface area contributed by atoms with E-state index in [1.807, 2.05) is 0 Å². The highest BCUT2D eigenvalue weighted by Gasteiger charge is 2.27. The summed E-state index contributed by atoms with van der Waals surface area (Å²) >= 11 is 0. The highest BCUT2D eigenvalue weighted by Crippen LogP contribution is 2.13. The maximum absolute atomic E-state index is 3.93. The lowest BCUT2D eigenvalue weighted by molar-refractivity contribution is 0.253. The minimum absolute atomic E-state index is 0.654. The topological polar surface area (TPSA) is 27.3 Å². The van der Waals surface area contributed by atoms with Crippen LogP contribution in [0.1, 0.15) is 0 Å². The van der Waals surface area contributed by atoms with Gasteiger partial charge in [0.05, 0.1) is 11.9 Å². The van der Waals surface area contributed by atoms with Gasteiger partial charge in [-0.15, -0.1) is 0 Å². The molecule has 56 valence electrons. The first kappa shape index (κ1) is 6.04. The SMILES string of the molecule is C=C1NCC2CNCCN12. The van der Waals surface area contributed by atoms with E-state index in [0.29, 0.717) is 6.04 Å². The van der Waals surface area contributed by atoms with Crippen molar-refractivity contribution in [1.29, 1.82) is 0 Å². The Balaban J connectivity index is 2.08. The third-order valence-corrected chi connectivity index (χ3v) is 2.24. The quantitative estimate of drug-likeness (QED) is 0.466. The number of nitrogens with zero attached hydrogens (tertiary/aromatic N) is 1. The van der Waals surface area contributed by atoms with Crippen LogP contribution in [0.5, 0.6) is 0 Å². The molecule has 1 unspecified atom stereocenters. The van der Waals surface area contributed by atoms with Crippen LogP contribution in [0, 0.1) is 0 Å². The Labute approximate surface area is 61.1 Å². The van der Waals surface area contributed by atoms with Crippen molar-refractivity contribution >= 4 is 0 Å². The monoisotopic (exact) mass is 139 g/mol. The predicted molar refractivity (Wildman–Crippen MR) is 40.5 cm³/mol. The molecule has 0 saturated carbocycles. The summed E-state index contributed by atoms with van der Waals surface area (Å²) in [7, 11) is 0. The fraction of sp³-hybridized carbons (Fsp3) is 0.714. The summed E-state index contributed by atoms with van der Waals surface area (Å²) < 4.78 is 0. The van der Waals surface area contributed by atoms with Crippen LogP contribution >= 0.6 is 0 Å². The number of fused-ring (bicyclic) bond motifs is 1. The first-order valence-corrected chi connectivity index (χ1v) is 3.78. The van der Waals surface area contributed by atoms with Gasteiger partial charge in [0, 0.05) is 26.2 Å². The first-order valence-electron chi connectivity index (χ1n) is 3.78. The summed E-state index contributed by atoms with van der Waals surface area (Å²) in [4.78, 5) is 2.34. The molecule has 2 aliphatic heterocycles. The van der Waals surface area contributed by atoms with Crippen LogP contribution in [-0.4, -0.2) is 37.1 Å². The van der Waals surface area contributed by atoms with Crippen molar-refractivity contribution in [2.24, 2.45) is 0 Å². The molecule has 0 spiro atoms. The second-order valence-electron chi connectivity index (χ2n) is 2.88. The second-order valence-corrected chi connectivity index (χ2v) is 2.88. The third-order valence-electron chi connectivity index (χ3n) is 2.24. The molecule has 0 aromatic heterocycles. The van der Waals surface area contributed by atoms with Gasteiger partial charge in [-0.25, -0.2) is 0 Å². The summed E-state index contributed by atoms with van der Waals surface area (Å²) in [5, 5.41) is 6.61. The zero-order valence-electron chi connectivity index (χ0n) is 6.06. The first-order chi connectivity index (χ1) is 4.88. The van der Waals surface area contributed by atoms with Crippen LogP contribution in [0.3, 0.4) is 0 Å². The molecule has 0 aromatic carbocycles. The molecule has 0 aliphatic carbocycles. The van der Waals surface area contributed by atoms with Crippen molar-refractivity contribution in [2.75, 3.05) is 26.2 Å². The molecule has 2 aliphatic rings. The highest BCUT2D eigenvalue weighted by molar-refractivity contribution is 5.04. The summed E-state index contributed by atoms with van der Waals surface area (Å²) in [6, 6.07) is 0.654. The van der Waals surface area contributed by atoms with Gasteiger partial charge < -0.3 is 15.5 Å². The molecule has 2 saturated heterocycles. The van der Waals surface area contributed by atoms with Gasteiger partial charge in [-0.1, -0.05) is 6.58 Å². The van der Waals surface area contributed by atoms with Gasteiger partial charge in [-0.2, -0.15) is 0 Å². The standard InChI is InChI=1S/C7H13N3/c1-6-9-5-7-4-8-2-3-10(6)7/h7-9H,1-5H2. The zero-order valence-corrected chi connectivity index (χ0v) is 6.06. The molecule has 1 atom stereocenters. The van der Waals surface area contributed by atoms with Gasteiger partial charge in [0.15, 0.2) is 0 Å². The van der Waals surface area contributed by atoms with Gasteiger partial charge in [0.1, 0.15) is 0 Å². The van der Waals surface area contributed by atoms with Gasteiger partial charge in [-0.3, -0.25) is 0 Å². The number of hydrogen-bond acceptors (Lipinski definition) is 3. The van der Waals surface area contributed by atoms with Crippen LogP contribution in [0.4, 0.5) is 0 Å². The van der Waals surface area contributed by atoms with Gasteiger partial charge in [0.25, 0.3) is 0 Å². The number of nitrogens with one attached hydrogen (secondary N) is 2. The third kappa shape index (κ3) is 0.778. The number of piperazine rings is 1. The van der Waals surface area contributed by atoms with E-state index in [-0.39, 0.29) is 0 Å². The van der Waals surface area contributed by atoms with Crippen LogP contribution in [0.15, 0.2) is 12.4 Å². The maximum Gasteiger partial charge on any atom is 0.0943 e. The fourth-order valence-corrected chi connectivity index (χ4v) is 1.64. The smallest absolute Gasteiger partial charge is 0.0943 e. The number of hydrogen-bond donors (Lipinski definition) is 2. The Morgan fingerprint density at radius 2 is 2.40 bits per heavy atom. The van der Waals surface area contributed by atoms with Crippen molar-refractivity contribution < 1.29 is 0 Å². The van der Waals surface area contributed by atoms with Crippen molar-refractivity contribution in [3.63, 3.8) is 0 Å². The molecule has 10 heavy (non-hydrogen) atoms. The van der Waals surface area contributed by atoms with Crippen molar-refractivity contribution in [3.8, 4) is 0 Å². The molecule has 0 radical (unpaired) electrons. The van der Waals surface area contributed by atoms with E-state index in [4.69, 9.17) is 0 Å². The fourth-order valence-electron chi connectivity index (χ4n) is 1.64. The molecule has 0 amide bonds. The Morgan fingerprint density at radius 1 is 1.50 bits per heavy atom. The lowest BCUT2D eigenvalue weighted by atomic mass is 10.2. The summed E-state index contributed by atoms with van der Waals surface area (Å²) in [5.74, 6) is 1.10. The molecule has 0 bridgehead atoms. The normalized spacial score (nSPS) is 31.8. The van der Waals surface area contributed by atoms with Gasteiger partial charge in [-0.05, 0) is 0 Å². The summed E-state index contributed by atoms with van der Waals surface area (Å²) in [5.41, 5.74) is 0. The van der Waals surface area contributed by atoms with Crippen LogP contribution < -0.4 is 10.6 Å². The van der Waals surface area contributed by atoms with Gasteiger partial charge in [0.2, 0.25) is 0 Å². The van der Waals surface area contributed by atoms with E-state index in [9.17, 15) is 0 Å². The van der Waals surface area contributed by atoms with Crippen LogP contribution in [0.25, 0.3) is 0 Å². The molecule has 2 heterocycles. The summed E-state index contributed by atoms with van der Waals surface area (Å²) in [6.07, 6.45) is 0. The zero-order chi connectivity index (χ0) is 6.97. The van der Waals surface area contributed by atoms with Crippen molar-refractivity contribution in [1.82, 2.24) is 15.5 Å². The molecule has 0 aromatic rings. The molecule has 3 nitrogen and oxygen atoms in total. The van der Waals surface area contributed by atoms with Crippen molar-refractivity contribution in [2.45, 2.75) is 6.04 Å².